The summed E-state index contributed by atoms with van der Waals surface area (Å²) in [6, 6.07) is 2.18. The topological polar surface area (TPSA) is 60.9 Å². The number of carbonyl (C=O) groups excluding carboxylic acids is 1. The Morgan fingerprint density at radius 1 is 1.14 bits per heavy atom. The van der Waals surface area contributed by atoms with Gasteiger partial charge in [0.25, 0.3) is 0 Å². The number of hydrogen-bond donors (Lipinski definition) is 1. The Morgan fingerprint density at radius 3 is 2.54 bits per heavy atom. The van der Waals surface area contributed by atoms with Gasteiger partial charge in [0.05, 0.1) is 18.8 Å². The number of carbonyl (C=O) groups is 1. The van der Waals surface area contributed by atoms with Crippen molar-refractivity contribution in [2.75, 3.05) is 63.9 Å². The molecule has 4 rings (SSSR count). The third-order valence-electron chi connectivity index (χ3n) is 6.46. The summed E-state index contributed by atoms with van der Waals surface area (Å²) in [5.74, 6) is 0. The molecule has 1 aromatic heterocycles. The quantitative estimate of drug-likeness (QED) is 0.855. The van der Waals surface area contributed by atoms with Crippen LogP contribution < -0.4 is 10.2 Å². The maximum Gasteiger partial charge on any atom is 0.317 e. The highest BCUT2D eigenvalue weighted by Crippen LogP contribution is 2.31. The largest absolute Gasteiger partial charge is 0.379 e. The van der Waals surface area contributed by atoms with E-state index in [0.29, 0.717) is 0 Å². The van der Waals surface area contributed by atoms with Crippen LogP contribution in [-0.4, -0.2) is 85.4 Å². The SMILES string of the molecule is Cc1cnccc1N1CCN(C(=O)NC2(CN3CCOCC3)CCCC2)CC1. The maximum absolute atomic E-state index is 13.1. The third kappa shape index (κ3) is 4.41. The van der Waals surface area contributed by atoms with Crippen molar-refractivity contribution in [3.05, 3.63) is 24.0 Å². The second-order valence-corrected chi connectivity index (χ2v) is 8.44. The Morgan fingerprint density at radius 2 is 1.86 bits per heavy atom. The molecule has 28 heavy (non-hydrogen) atoms. The van der Waals surface area contributed by atoms with Crippen LogP contribution in [0.1, 0.15) is 31.2 Å². The van der Waals surface area contributed by atoms with E-state index in [2.05, 4.69) is 33.1 Å². The summed E-state index contributed by atoms with van der Waals surface area (Å²) in [5, 5.41) is 3.45. The van der Waals surface area contributed by atoms with E-state index in [9.17, 15) is 4.79 Å². The number of anilines is 1. The molecule has 3 heterocycles. The van der Waals surface area contributed by atoms with E-state index >= 15 is 0 Å². The molecule has 0 atom stereocenters. The second kappa shape index (κ2) is 8.66. The van der Waals surface area contributed by atoms with Gasteiger partial charge in [0.2, 0.25) is 0 Å². The lowest BCUT2D eigenvalue weighted by Gasteiger charge is -2.41. The van der Waals surface area contributed by atoms with E-state index < -0.39 is 0 Å². The number of urea groups is 1. The van der Waals surface area contributed by atoms with Crippen molar-refractivity contribution in [3.63, 3.8) is 0 Å². The second-order valence-electron chi connectivity index (χ2n) is 8.44. The molecule has 0 bridgehead atoms. The Hall–Kier alpha value is -1.86. The van der Waals surface area contributed by atoms with Gasteiger partial charge in [0.1, 0.15) is 0 Å². The molecule has 3 fully saturated rings. The predicted octanol–water partition coefficient (Wildman–Crippen LogP) is 1.87. The lowest BCUT2D eigenvalue weighted by Crippen LogP contribution is -2.60. The number of ether oxygens (including phenoxy) is 1. The number of pyridine rings is 1. The van der Waals surface area contributed by atoms with E-state index in [1.807, 2.05) is 17.3 Å². The summed E-state index contributed by atoms with van der Waals surface area (Å²) in [5.41, 5.74) is 2.36. The fourth-order valence-corrected chi connectivity index (χ4v) is 4.84. The van der Waals surface area contributed by atoms with Gasteiger partial charge < -0.3 is 19.9 Å². The number of nitrogens with one attached hydrogen (secondary N) is 1. The minimum Gasteiger partial charge on any atom is -0.379 e. The molecule has 0 unspecified atom stereocenters. The van der Waals surface area contributed by atoms with Gasteiger partial charge in [-0.1, -0.05) is 12.8 Å². The highest BCUT2D eigenvalue weighted by atomic mass is 16.5. The van der Waals surface area contributed by atoms with Crippen molar-refractivity contribution in [3.8, 4) is 0 Å². The van der Waals surface area contributed by atoms with E-state index in [0.717, 1.165) is 71.9 Å². The van der Waals surface area contributed by atoms with Crippen LogP contribution in [0.2, 0.25) is 0 Å². The summed E-state index contributed by atoms with van der Waals surface area (Å²) in [4.78, 5) is 24.0. The highest BCUT2D eigenvalue weighted by molar-refractivity contribution is 5.75. The van der Waals surface area contributed by atoms with Crippen molar-refractivity contribution in [1.82, 2.24) is 20.1 Å². The molecule has 154 valence electrons. The number of aryl methyl sites for hydroxylation is 1. The standard InChI is InChI=1S/C21H33N5O2/c1-18-16-22-7-4-19(18)25-8-10-26(11-9-25)20(27)23-21(5-2-3-6-21)17-24-12-14-28-15-13-24/h4,7,16H,2-3,5-6,8-15,17H2,1H3,(H,23,27). The summed E-state index contributed by atoms with van der Waals surface area (Å²) in [6.45, 7) is 9.88. The van der Waals surface area contributed by atoms with Gasteiger partial charge >= 0.3 is 6.03 Å². The third-order valence-corrected chi connectivity index (χ3v) is 6.46. The Balaban J connectivity index is 1.33. The smallest absolute Gasteiger partial charge is 0.317 e. The molecule has 7 nitrogen and oxygen atoms in total. The van der Waals surface area contributed by atoms with Crippen LogP contribution >= 0.6 is 0 Å². The first-order valence-electron chi connectivity index (χ1n) is 10.7. The lowest BCUT2D eigenvalue weighted by atomic mass is 9.96. The van der Waals surface area contributed by atoms with Crippen LogP contribution in [0.5, 0.6) is 0 Å². The number of rotatable bonds is 4. The fourth-order valence-electron chi connectivity index (χ4n) is 4.84. The molecule has 1 N–H and O–H groups in total. The molecule has 2 amide bonds. The number of hydrogen-bond acceptors (Lipinski definition) is 5. The molecule has 7 heteroatoms. The number of amides is 2. The van der Waals surface area contributed by atoms with E-state index in [1.54, 1.807) is 0 Å². The predicted molar refractivity (Wildman–Crippen MR) is 110 cm³/mol. The van der Waals surface area contributed by atoms with Gasteiger partial charge in [-0.05, 0) is 31.4 Å². The number of morpholine rings is 1. The van der Waals surface area contributed by atoms with Crippen molar-refractivity contribution in [2.24, 2.45) is 0 Å². The Labute approximate surface area is 168 Å². The van der Waals surface area contributed by atoms with Crippen LogP contribution in [0, 0.1) is 6.92 Å². The zero-order valence-electron chi connectivity index (χ0n) is 17.0. The van der Waals surface area contributed by atoms with E-state index in [1.165, 1.54) is 24.1 Å². The molecule has 2 aliphatic heterocycles. The first-order chi connectivity index (χ1) is 13.7. The highest BCUT2D eigenvalue weighted by Gasteiger charge is 2.38. The average molecular weight is 388 g/mol. The zero-order valence-corrected chi connectivity index (χ0v) is 17.0. The van der Waals surface area contributed by atoms with Gasteiger partial charge in [0.15, 0.2) is 0 Å². The van der Waals surface area contributed by atoms with Crippen LogP contribution in [-0.2, 0) is 4.74 Å². The van der Waals surface area contributed by atoms with Crippen molar-refractivity contribution >= 4 is 11.7 Å². The van der Waals surface area contributed by atoms with Gasteiger partial charge in [0, 0.05) is 63.9 Å². The fraction of sp³-hybridized carbons (Fsp3) is 0.714. The van der Waals surface area contributed by atoms with Gasteiger partial charge in [-0.15, -0.1) is 0 Å². The maximum atomic E-state index is 13.1. The molecule has 1 aromatic rings. The monoisotopic (exact) mass is 387 g/mol. The van der Waals surface area contributed by atoms with E-state index in [-0.39, 0.29) is 11.6 Å². The number of aromatic nitrogens is 1. The summed E-state index contributed by atoms with van der Waals surface area (Å²) < 4.78 is 5.48. The molecular formula is C21H33N5O2. The normalized spacial score (nSPS) is 23.0. The van der Waals surface area contributed by atoms with Crippen LogP contribution in [0.4, 0.5) is 10.5 Å². The molecule has 3 aliphatic rings. The average Bonchev–Trinajstić information content (AvgIpc) is 3.17. The Kier molecular flexibility index (Phi) is 6.01. The molecule has 2 saturated heterocycles. The van der Waals surface area contributed by atoms with Crippen molar-refractivity contribution in [1.29, 1.82) is 0 Å². The lowest BCUT2D eigenvalue weighted by molar-refractivity contribution is 0.0245. The van der Waals surface area contributed by atoms with Crippen LogP contribution in [0.15, 0.2) is 18.5 Å². The molecule has 0 radical (unpaired) electrons. The molecule has 1 saturated carbocycles. The zero-order chi connectivity index (χ0) is 19.4. The minimum atomic E-state index is -0.0623. The van der Waals surface area contributed by atoms with E-state index in [4.69, 9.17) is 4.74 Å². The van der Waals surface area contributed by atoms with Crippen molar-refractivity contribution < 1.29 is 9.53 Å². The van der Waals surface area contributed by atoms with Crippen LogP contribution in [0.3, 0.4) is 0 Å². The van der Waals surface area contributed by atoms with Gasteiger partial charge in [-0.3, -0.25) is 9.88 Å². The first-order valence-corrected chi connectivity index (χ1v) is 10.7. The molecule has 0 spiro atoms. The summed E-state index contributed by atoms with van der Waals surface area (Å²) in [7, 11) is 0. The molecular weight excluding hydrogens is 354 g/mol. The van der Waals surface area contributed by atoms with Gasteiger partial charge in [-0.25, -0.2) is 4.79 Å². The number of piperazine rings is 1. The summed E-state index contributed by atoms with van der Waals surface area (Å²) >= 11 is 0. The first kappa shape index (κ1) is 19.5. The van der Waals surface area contributed by atoms with Crippen LogP contribution in [0.25, 0.3) is 0 Å². The number of nitrogens with zero attached hydrogens (tertiary/aromatic N) is 4. The molecule has 0 aromatic carbocycles. The minimum absolute atomic E-state index is 0.0623. The summed E-state index contributed by atoms with van der Waals surface area (Å²) in [6.07, 6.45) is 8.35. The van der Waals surface area contributed by atoms with Gasteiger partial charge in [-0.2, -0.15) is 0 Å². The van der Waals surface area contributed by atoms with Crippen molar-refractivity contribution in [2.45, 2.75) is 38.1 Å². The Bertz CT molecular complexity index is 663. The molecule has 1 aliphatic carbocycles.